The first-order valence-electron chi connectivity index (χ1n) is 5.51. The van der Waals surface area contributed by atoms with Crippen LogP contribution in [0.5, 0.6) is 0 Å². The van der Waals surface area contributed by atoms with Gasteiger partial charge in [-0.25, -0.2) is 0 Å². The average molecular weight is 227 g/mol. The van der Waals surface area contributed by atoms with Crippen molar-refractivity contribution in [3.63, 3.8) is 0 Å². The third-order valence-electron chi connectivity index (χ3n) is 2.44. The van der Waals surface area contributed by atoms with Gasteiger partial charge in [0.1, 0.15) is 6.10 Å². The molecule has 0 bridgehead atoms. The Balaban J connectivity index is 2.86. The second-order valence-electron chi connectivity index (χ2n) is 4.15. The van der Waals surface area contributed by atoms with E-state index in [1.807, 2.05) is 0 Å². The van der Waals surface area contributed by atoms with E-state index in [2.05, 4.69) is 39.1 Å². The number of aryl methyl sites for hydroxylation is 1. The molecule has 15 heavy (non-hydrogen) atoms. The van der Waals surface area contributed by atoms with Crippen LogP contribution in [0.2, 0.25) is 0 Å². The van der Waals surface area contributed by atoms with E-state index in [4.69, 9.17) is 10.5 Å². The van der Waals surface area contributed by atoms with E-state index < -0.39 is 0 Å². The summed E-state index contributed by atoms with van der Waals surface area (Å²) < 4.78 is 5.91. The Bertz CT molecular complexity index is 296. The molecule has 0 spiro atoms. The van der Waals surface area contributed by atoms with E-state index in [9.17, 15) is 0 Å². The van der Waals surface area contributed by atoms with E-state index in [0.717, 1.165) is 6.42 Å². The van der Waals surface area contributed by atoms with Crippen LogP contribution in [0, 0.1) is 6.92 Å². The Morgan fingerprint density at radius 3 is 2.53 bits per heavy atom. The van der Waals surface area contributed by atoms with Crippen LogP contribution < -0.4 is 5.73 Å². The number of hydrogen-bond acceptors (Lipinski definition) is 3. The van der Waals surface area contributed by atoms with Crippen molar-refractivity contribution in [2.24, 2.45) is 5.73 Å². The Morgan fingerprint density at radius 1 is 1.47 bits per heavy atom. The van der Waals surface area contributed by atoms with E-state index >= 15 is 0 Å². The molecule has 86 valence electrons. The van der Waals surface area contributed by atoms with Crippen molar-refractivity contribution in [2.75, 3.05) is 0 Å². The molecule has 0 amide bonds. The maximum Gasteiger partial charge on any atom is 0.107 e. The molecule has 0 saturated heterocycles. The zero-order valence-corrected chi connectivity index (χ0v) is 10.8. The van der Waals surface area contributed by atoms with Gasteiger partial charge in [0.2, 0.25) is 0 Å². The summed E-state index contributed by atoms with van der Waals surface area (Å²) in [6.07, 6.45) is 1.21. The molecule has 0 fully saturated rings. The maximum absolute atomic E-state index is 6.11. The molecular weight excluding hydrogens is 206 g/mol. The molecule has 0 radical (unpaired) electrons. The maximum atomic E-state index is 6.11. The number of hydrogen-bond donors (Lipinski definition) is 1. The Hall–Kier alpha value is -0.380. The van der Waals surface area contributed by atoms with Crippen LogP contribution in [0.4, 0.5) is 0 Å². The van der Waals surface area contributed by atoms with Gasteiger partial charge in [-0.3, -0.25) is 0 Å². The van der Waals surface area contributed by atoms with Gasteiger partial charge in [-0.1, -0.05) is 6.92 Å². The predicted molar refractivity (Wildman–Crippen MR) is 66.3 cm³/mol. The lowest BCUT2D eigenvalue weighted by molar-refractivity contribution is -0.00720. The first kappa shape index (κ1) is 12.7. The van der Waals surface area contributed by atoms with Gasteiger partial charge < -0.3 is 10.5 Å². The Kier molecular flexibility index (Phi) is 4.77. The molecule has 3 heteroatoms. The molecule has 1 heterocycles. The van der Waals surface area contributed by atoms with E-state index in [1.165, 1.54) is 10.4 Å². The van der Waals surface area contributed by atoms with Crippen LogP contribution in [-0.4, -0.2) is 12.1 Å². The quantitative estimate of drug-likeness (QED) is 0.838. The molecule has 2 nitrogen and oxygen atoms in total. The zero-order chi connectivity index (χ0) is 11.4. The highest BCUT2D eigenvalue weighted by molar-refractivity contribution is 7.10. The molecular formula is C12H21NOS. The zero-order valence-electron chi connectivity index (χ0n) is 9.99. The summed E-state index contributed by atoms with van der Waals surface area (Å²) in [6.45, 7) is 8.33. The van der Waals surface area contributed by atoms with Gasteiger partial charge >= 0.3 is 0 Å². The lowest BCUT2D eigenvalue weighted by atomic mass is 10.1. The fraction of sp³-hybridized carbons (Fsp3) is 0.667. The van der Waals surface area contributed by atoms with Gasteiger partial charge in [0.05, 0.1) is 6.10 Å². The predicted octanol–water partition coefficient (Wildman–Crippen LogP) is 3.26. The highest BCUT2D eigenvalue weighted by atomic mass is 32.1. The van der Waals surface area contributed by atoms with Gasteiger partial charge in [-0.2, -0.15) is 0 Å². The highest BCUT2D eigenvalue weighted by Crippen LogP contribution is 2.30. The summed E-state index contributed by atoms with van der Waals surface area (Å²) in [6, 6.07) is 2.21. The third-order valence-corrected chi connectivity index (χ3v) is 3.52. The highest BCUT2D eigenvalue weighted by Gasteiger charge is 2.23. The first-order chi connectivity index (χ1) is 7.06. The topological polar surface area (TPSA) is 35.2 Å². The molecule has 1 aromatic heterocycles. The summed E-state index contributed by atoms with van der Waals surface area (Å²) in [5.41, 5.74) is 7.39. The average Bonchev–Trinajstić information content (AvgIpc) is 2.59. The van der Waals surface area contributed by atoms with E-state index in [1.54, 1.807) is 11.3 Å². The standard InChI is InChI=1S/C12H21NOS/c1-5-10(13)11(14-8(2)3)12-9(4)6-7-15-12/h6-8,10-11H,5,13H2,1-4H3. The molecule has 0 aromatic carbocycles. The number of rotatable bonds is 5. The second-order valence-corrected chi connectivity index (χ2v) is 5.09. The minimum Gasteiger partial charge on any atom is -0.368 e. The monoisotopic (exact) mass is 227 g/mol. The van der Waals surface area contributed by atoms with Gasteiger partial charge in [0.15, 0.2) is 0 Å². The van der Waals surface area contributed by atoms with Crippen molar-refractivity contribution in [1.29, 1.82) is 0 Å². The van der Waals surface area contributed by atoms with E-state index in [-0.39, 0.29) is 18.2 Å². The Labute approximate surface area is 96.4 Å². The lowest BCUT2D eigenvalue weighted by Gasteiger charge is -2.25. The number of ether oxygens (including phenoxy) is 1. The van der Waals surface area contributed by atoms with Crippen LogP contribution >= 0.6 is 11.3 Å². The minimum absolute atomic E-state index is 0.0509. The number of nitrogens with two attached hydrogens (primary N) is 1. The molecule has 0 aliphatic rings. The summed E-state index contributed by atoms with van der Waals surface area (Å²) in [7, 11) is 0. The Morgan fingerprint density at radius 2 is 2.13 bits per heavy atom. The molecule has 1 rings (SSSR count). The van der Waals surface area contributed by atoms with Crippen LogP contribution in [0.1, 0.15) is 43.7 Å². The van der Waals surface area contributed by atoms with Crippen molar-refractivity contribution in [3.8, 4) is 0 Å². The second kappa shape index (κ2) is 5.64. The fourth-order valence-electron chi connectivity index (χ4n) is 1.54. The third kappa shape index (κ3) is 3.30. The molecule has 2 unspecified atom stereocenters. The van der Waals surface area contributed by atoms with Crippen LogP contribution in [0.15, 0.2) is 11.4 Å². The van der Waals surface area contributed by atoms with Gasteiger partial charge in [-0.05, 0) is 44.2 Å². The summed E-state index contributed by atoms with van der Waals surface area (Å²) in [4.78, 5) is 1.28. The smallest absolute Gasteiger partial charge is 0.107 e. The van der Waals surface area contributed by atoms with Crippen LogP contribution in [-0.2, 0) is 4.74 Å². The normalized spacial score (nSPS) is 15.6. The fourth-order valence-corrected chi connectivity index (χ4v) is 2.58. The van der Waals surface area contributed by atoms with Gasteiger partial charge in [-0.15, -0.1) is 11.3 Å². The number of thiophene rings is 1. The lowest BCUT2D eigenvalue weighted by Crippen LogP contribution is -2.31. The van der Waals surface area contributed by atoms with Crippen molar-refractivity contribution < 1.29 is 4.74 Å². The van der Waals surface area contributed by atoms with Gasteiger partial charge in [0, 0.05) is 10.9 Å². The van der Waals surface area contributed by atoms with E-state index in [0.29, 0.717) is 0 Å². The summed E-state index contributed by atoms with van der Waals surface area (Å²) in [5, 5.41) is 2.10. The molecule has 0 aliphatic heterocycles. The van der Waals surface area contributed by atoms with Crippen molar-refractivity contribution in [2.45, 2.75) is 52.4 Å². The van der Waals surface area contributed by atoms with Crippen LogP contribution in [0.25, 0.3) is 0 Å². The van der Waals surface area contributed by atoms with Crippen molar-refractivity contribution in [1.82, 2.24) is 0 Å². The first-order valence-corrected chi connectivity index (χ1v) is 6.39. The molecule has 2 atom stereocenters. The molecule has 0 saturated carbocycles. The minimum atomic E-state index is 0.0509. The van der Waals surface area contributed by atoms with Crippen molar-refractivity contribution >= 4 is 11.3 Å². The summed E-state index contributed by atoms with van der Waals surface area (Å²) in [5.74, 6) is 0. The van der Waals surface area contributed by atoms with Crippen molar-refractivity contribution in [3.05, 3.63) is 21.9 Å². The molecule has 2 N–H and O–H groups in total. The molecule has 1 aromatic rings. The van der Waals surface area contributed by atoms with Gasteiger partial charge in [0.25, 0.3) is 0 Å². The largest absolute Gasteiger partial charge is 0.368 e. The molecule has 0 aliphatic carbocycles. The van der Waals surface area contributed by atoms with Crippen LogP contribution in [0.3, 0.4) is 0 Å². The SMILES string of the molecule is CCC(N)C(OC(C)C)c1sccc1C. The summed E-state index contributed by atoms with van der Waals surface area (Å²) >= 11 is 1.74.